The van der Waals surface area contributed by atoms with Crippen LogP contribution >= 0.6 is 0 Å². The average Bonchev–Trinajstić information content (AvgIpc) is 2.97. The number of anilines is 1. The first-order chi connectivity index (χ1) is 9.15. The molecule has 2 aromatic heterocycles. The van der Waals surface area contributed by atoms with Crippen LogP contribution in [-0.4, -0.2) is 33.4 Å². The minimum atomic E-state index is 0.231. The lowest BCUT2D eigenvalue weighted by atomic mass is 10.1. The molecule has 2 unspecified atom stereocenters. The van der Waals surface area contributed by atoms with Gasteiger partial charge in [0.15, 0.2) is 5.82 Å². The molecule has 0 radical (unpaired) electrons. The van der Waals surface area contributed by atoms with E-state index in [4.69, 9.17) is 4.74 Å². The van der Waals surface area contributed by atoms with Crippen molar-refractivity contribution in [2.75, 3.05) is 11.9 Å². The first-order valence-corrected chi connectivity index (χ1v) is 6.87. The Labute approximate surface area is 113 Å². The Bertz CT molecular complexity index is 578. The molecule has 102 valence electrons. The van der Waals surface area contributed by atoms with Crippen LogP contribution in [0.1, 0.15) is 38.8 Å². The highest BCUT2D eigenvalue weighted by molar-refractivity contribution is 5.68. The van der Waals surface area contributed by atoms with Crippen LogP contribution in [0.4, 0.5) is 5.82 Å². The number of aromatic nitrogens is 3. The van der Waals surface area contributed by atoms with Crippen molar-refractivity contribution in [3.63, 3.8) is 0 Å². The third-order valence-electron chi connectivity index (χ3n) is 3.70. The Balaban J connectivity index is 1.94. The highest BCUT2D eigenvalue weighted by Crippen LogP contribution is 2.23. The molecule has 19 heavy (non-hydrogen) atoms. The number of nitrogens with zero attached hydrogens (tertiary/aromatic N) is 3. The van der Waals surface area contributed by atoms with Gasteiger partial charge in [-0.05, 0) is 25.3 Å². The van der Waals surface area contributed by atoms with Crippen LogP contribution in [0.5, 0.6) is 0 Å². The third kappa shape index (κ3) is 2.30. The lowest BCUT2D eigenvalue weighted by Crippen LogP contribution is -2.27. The van der Waals surface area contributed by atoms with Crippen LogP contribution in [-0.2, 0) is 4.74 Å². The van der Waals surface area contributed by atoms with E-state index >= 15 is 0 Å². The number of hydrogen-bond acceptors (Lipinski definition) is 4. The summed E-state index contributed by atoms with van der Waals surface area (Å²) in [5, 5.41) is 8.06. The number of nitrogens with one attached hydrogen (secondary N) is 1. The monoisotopic (exact) mass is 260 g/mol. The van der Waals surface area contributed by atoms with Crippen LogP contribution in [0, 0.1) is 0 Å². The van der Waals surface area contributed by atoms with Gasteiger partial charge < -0.3 is 10.1 Å². The van der Waals surface area contributed by atoms with Crippen molar-refractivity contribution < 1.29 is 4.74 Å². The summed E-state index contributed by atoms with van der Waals surface area (Å²) in [5.41, 5.74) is 2.12. The van der Waals surface area contributed by atoms with Crippen LogP contribution in [0.25, 0.3) is 5.52 Å². The molecule has 0 bridgehead atoms. The molecule has 1 N–H and O–H groups in total. The minimum Gasteiger partial charge on any atom is -0.376 e. The van der Waals surface area contributed by atoms with Crippen molar-refractivity contribution in [2.24, 2.45) is 0 Å². The summed E-state index contributed by atoms with van der Waals surface area (Å²) in [4.78, 5) is 4.45. The van der Waals surface area contributed by atoms with E-state index in [0.29, 0.717) is 12.0 Å². The molecule has 3 heterocycles. The van der Waals surface area contributed by atoms with E-state index in [1.54, 1.807) is 6.20 Å². The second-order valence-electron chi connectivity index (χ2n) is 5.44. The van der Waals surface area contributed by atoms with E-state index in [9.17, 15) is 0 Å². The molecule has 0 aliphatic carbocycles. The molecule has 2 aromatic rings. The van der Waals surface area contributed by atoms with Gasteiger partial charge >= 0.3 is 0 Å². The lowest BCUT2D eigenvalue weighted by molar-refractivity contribution is 0.121. The lowest BCUT2D eigenvalue weighted by Gasteiger charge is -2.16. The summed E-state index contributed by atoms with van der Waals surface area (Å²) < 4.78 is 7.47. The molecule has 1 fully saturated rings. The Morgan fingerprint density at radius 2 is 2.32 bits per heavy atom. The van der Waals surface area contributed by atoms with Gasteiger partial charge in [-0.1, -0.05) is 13.8 Å². The number of fused-ring (bicyclic) bond motifs is 1. The zero-order chi connectivity index (χ0) is 13.4. The van der Waals surface area contributed by atoms with Crippen LogP contribution in [0.15, 0.2) is 18.5 Å². The van der Waals surface area contributed by atoms with Crippen molar-refractivity contribution in [3.8, 4) is 0 Å². The van der Waals surface area contributed by atoms with Gasteiger partial charge in [0.05, 0.1) is 17.8 Å². The predicted octanol–water partition coefficient (Wildman–Crippen LogP) is 2.44. The molecule has 0 saturated carbocycles. The fourth-order valence-electron chi connectivity index (χ4n) is 2.43. The SMILES string of the molecule is CC(C)c1cc2c(NC3CCOC3C)nccn2n1. The van der Waals surface area contributed by atoms with Gasteiger partial charge in [-0.15, -0.1) is 0 Å². The predicted molar refractivity (Wildman–Crippen MR) is 74.5 cm³/mol. The molecule has 1 aliphatic rings. The smallest absolute Gasteiger partial charge is 0.152 e. The number of ether oxygens (including phenoxy) is 1. The molecule has 5 nitrogen and oxygen atoms in total. The van der Waals surface area contributed by atoms with E-state index in [1.165, 1.54) is 0 Å². The fourth-order valence-corrected chi connectivity index (χ4v) is 2.43. The summed E-state index contributed by atoms with van der Waals surface area (Å²) >= 11 is 0. The normalized spacial score (nSPS) is 23.4. The second-order valence-corrected chi connectivity index (χ2v) is 5.44. The van der Waals surface area contributed by atoms with Crippen molar-refractivity contribution in [1.29, 1.82) is 0 Å². The summed E-state index contributed by atoms with van der Waals surface area (Å²) in [6, 6.07) is 2.44. The molecule has 0 aromatic carbocycles. The standard InChI is InChI=1S/C14H20N4O/c1-9(2)12-8-13-14(15-5-6-18(13)17-12)16-11-4-7-19-10(11)3/h5-6,8-11H,4,7H2,1-3H3,(H,15,16). The maximum absolute atomic E-state index is 5.58. The van der Waals surface area contributed by atoms with E-state index in [2.05, 4.69) is 42.2 Å². The Hall–Kier alpha value is -1.62. The molecule has 0 amide bonds. The molecule has 0 spiro atoms. The van der Waals surface area contributed by atoms with Crippen LogP contribution in [0.3, 0.4) is 0 Å². The van der Waals surface area contributed by atoms with Gasteiger partial charge in [0, 0.05) is 19.0 Å². The Kier molecular flexibility index (Phi) is 3.14. The molecular weight excluding hydrogens is 240 g/mol. The van der Waals surface area contributed by atoms with Gasteiger partial charge in [0.1, 0.15) is 5.52 Å². The van der Waals surface area contributed by atoms with E-state index in [0.717, 1.165) is 30.1 Å². The zero-order valence-corrected chi connectivity index (χ0v) is 11.6. The van der Waals surface area contributed by atoms with Crippen molar-refractivity contribution >= 4 is 11.3 Å². The van der Waals surface area contributed by atoms with Gasteiger partial charge in [-0.25, -0.2) is 9.50 Å². The number of hydrogen-bond donors (Lipinski definition) is 1. The second kappa shape index (κ2) is 4.81. The van der Waals surface area contributed by atoms with Crippen molar-refractivity contribution in [2.45, 2.75) is 45.3 Å². The Morgan fingerprint density at radius 3 is 3.00 bits per heavy atom. The average molecular weight is 260 g/mol. The quantitative estimate of drug-likeness (QED) is 0.921. The van der Waals surface area contributed by atoms with E-state index in [-0.39, 0.29) is 6.10 Å². The molecule has 1 saturated heterocycles. The molecule has 1 aliphatic heterocycles. The fraction of sp³-hybridized carbons (Fsp3) is 0.571. The van der Waals surface area contributed by atoms with Crippen LogP contribution in [0.2, 0.25) is 0 Å². The maximum atomic E-state index is 5.58. The molecule has 2 atom stereocenters. The topological polar surface area (TPSA) is 51.5 Å². The zero-order valence-electron chi connectivity index (χ0n) is 11.6. The first-order valence-electron chi connectivity index (χ1n) is 6.87. The first kappa shape index (κ1) is 12.4. The Morgan fingerprint density at radius 1 is 1.47 bits per heavy atom. The molecular formula is C14H20N4O. The summed E-state index contributed by atoms with van der Waals surface area (Å²) in [7, 11) is 0. The summed E-state index contributed by atoms with van der Waals surface area (Å²) in [6.45, 7) is 7.21. The van der Waals surface area contributed by atoms with Gasteiger partial charge in [0.2, 0.25) is 0 Å². The maximum Gasteiger partial charge on any atom is 0.152 e. The summed E-state index contributed by atoms with van der Waals surface area (Å²) in [5.74, 6) is 1.31. The van der Waals surface area contributed by atoms with Crippen LogP contribution < -0.4 is 5.32 Å². The third-order valence-corrected chi connectivity index (χ3v) is 3.70. The largest absolute Gasteiger partial charge is 0.376 e. The van der Waals surface area contributed by atoms with Crippen molar-refractivity contribution in [3.05, 3.63) is 24.2 Å². The van der Waals surface area contributed by atoms with E-state index < -0.39 is 0 Å². The van der Waals surface area contributed by atoms with Gasteiger partial charge in [0.25, 0.3) is 0 Å². The number of rotatable bonds is 3. The van der Waals surface area contributed by atoms with Gasteiger partial charge in [-0.3, -0.25) is 0 Å². The minimum absolute atomic E-state index is 0.231. The molecule has 3 rings (SSSR count). The van der Waals surface area contributed by atoms with Gasteiger partial charge in [-0.2, -0.15) is 5.10 Å². The van der Waals surface area contributed by atoms with Crippen molar-refractivity contribution in [1.82, 2.24) is 14.6 Å². The van der Waals surface area contributed by atoms with E-state index in [1.807, 2.05) is 10.7 Å². The molecule has 5 heteroatoms. The highest BCUT2D eigenvalue weighted by atomic mass is 16.5. The highest BCUT2D eigenvalue weighted by Gasteiger charge is 2.25. The summed E-state index contributed by atoms with van der Waals surface area (Å²) in [6.07, 6.45) is 4.93.